The Kier molecular flexibility index (Phi) is 6.63. The maximum atomic E-state index is 13.6. The average molecular weight is 447 g/mol. The van der Waals surface area contributed by atoms with Crippen molar-refractivity contribution in [2.75, 3.05) is 16.4 Å². The zero-order valence-corrected chi connectivity index (χ0v) is 17.6. The molecule has 1 aromatic heterocycles. The smallest absolute Gasteiger partial charge is 0.255 e. The van der Waals surface area contributed by atoms with Crippen molar-refractivity contribution in [2.24, 2.45) is 0 Å². The number of thiophene rings is 1. The number of aryl methyl sites for hydroxylation is 1. The number of benzene rings is 2. The third kappa shape index (κ3) is 5.52. The van der Waals surface area contributed by atoms with E-state index in [1.807, 2.05) is 0 Å². The van der Waals surface area contributed by atoms with E-state index in [4.69, 9.17) is 0 Å². The Balaban J connectivity index is 1.55. The highest BCUT2D eigenvalue weighted by molar-refractivity contribution is 7.93. The van der Waals surface area contributed by atoms with Gasteiger partial charge in [0.05, 0.1) is 5.75 Å². The number of hydrogen-bond donors (Lipinski definition) is 2. The van der Waals surface area contributed by atoms with Crippen molar-refractivity contribution < 1.29 is 22.4 Å². The highest BCUT2D eigenvalue weighted by Gasteiger charge is 2.17. The van der Waals surface area contributed by atoms with Crippen molar-refractivity contribution in [3.8, 4) is 0 Å². The van der Waals surface area contributed by atoms with Gasteiger partial charge in [0.25, 0.3) is 5.91 Å². The van der Waals surface area contributed by atoms with Gasteiger partial charge in [-0.05, 0) is 60.3 Å². The van der Waals surface area contributed by atoms with Crippen LogP contribution in [0.25, 0.3) is 0 Å². The fourth-order valence-electron chi connectivity index (χ4n) is 2.57. The van der Waals surface area contributed by atoms with E-state index >= 15 is 0 Å². The maximum absolute atomic E-state index is 13.6. The minimum Gasteiger partial charge on any atom is -0.326 e. The van der Waals surface area contributed by atoms with Crippen LogP contribution in [0.3, 0.4) is 0 Å². The highest BCUT2D eigenvalue weighted by atomic mass is 32.2. The summed E-state index contributed by atoms with van der Waals surface area (Å²) in [7, 11) is -3.48. The van der Waals surface area contributed by atoms with Crippen LogP contribution in [0.5, 0.6) is 0 Å². The zero-order chi connectivity index (χ0) is 21.7. The first-order valence-corrected chi connectivity index (χ1v) is 11.5. The van der Waals surface area contributed by atoms with Gasteiger partial charge < -0.3 is 10.6 Å². The van der Waals surface area contributed by atoms with Crippen molar-refractivity contribution >= 4 is 44.4 Å². The second kappa shape index (κ2) is 9.19. The fraction of sp³-hybridized carbons (Fsp3) is 0.143. The van der Waals surface area contributed by atoms with Crippen LogP contribution in [-0.4, -0.2) is 26.0 Å². The first-order valence-electron chi connectivity index (χ1n) is 8.98. The molecule has 0 bridgehead atoms. The van der Waals surface area contributed by atoms with Gasteiger partial charge in [0.2, 0.25) is 5.91 Å². The Morgan fingerprint density at radius 2 is 1.70 bits per heavy atom. The molecule has 0 aliphatic rings. The van der Waals surface area contributed by atoms with Crippen LogP contribution < -0.4 is 10.6 Å². The molecule has 0 aliphatic carbocycles. The summed E-state index contributed by atoms with van der Waals surface area (Å²) < 4.78 is 38.1. The first kappa shape index (κ1) is 21.7. The van der Waals surface area contributed by atoms with Crippen molar-refractivity contribution in [1.29, 1.82) is 0 Å². The molecule has 6 nitrogen and oxygen atoms in total. The van der Waals surface area contributed by atoms with Gasteiger partial charge in [0.15, 0.2) is 9.84 Å². The van der Waals surface area contributed by atoms with Crippen LogP contribution in [0.2, 0.25) is 0 Å². The molecule has 2 N–H and O–H groups in total. The van der Waals surface area contributed by atoms with Crippen LogP contribution in [0.15, 0.2) is 64.2 Å². The normalized spacial score (nSPS) is 11.1. The van der Waals surface area contributed by atoms with Gasteiger partial charge in [-0.25, -0.2) is 12.8 Å². The monoisotopic (exact) mass is 446 g/mol. The first-order chi connectivity index (χ1) is 14.2. The number of rotatable bonds is 7. The third-order valence-electron chi connectivity index (χ3n) is 4.26. The molecular formula is C21H19FN2O4S2. The summed E-state index contributed by atoms with van der Waals surface area (Å²) in [6.07, 6.45) is -0.179. The number of anilines is 2. The van der Waals surface area contributed by atoms with Crippen LogP contribution in [0, 0.1) is 12.7 Å². The molecule has 0 saturated heterocycles. The highest BCUT2D eigenvalue weighted by Crippen LogP contribution is 2.19. The summed E-state index contributed by atoms with van der Waals surface area (Å²) in [4.78, 5) is 24.3. The number of amides is 2. The topological polar surface area (TPSA) is 92.3 Å². The van der Waals surface area contributed by atoms with Crippen molar-refractivity contribution in [3.63, 3.8) is 0 Å². The molecular weight excluding hydrogens is 427 g/mol. The summed E-state index contributed by atoms with van der Waals surface area (Å²) in [5.41, 5.74) is 1.59. The maximum Gasteiger partial charge on any atom is 0.255 e. The average Bonchev–Trinajstić information content (AvgIpc) is 3.26. The van der Waals surface area contributed by atoms with Gasteiger partial charge in [-0.1, -0.05) is 12.1 Å². The zero-order valence-electron chi connectivity index (χ0n) is 16.0. The lowest BCUT2D eigenvalue weighted by Crippen LogP contribution is -2.17. The predicted octanol–water partition coefficient (Wildman–Crippen LogP) is 4.25. The SMILES string of the molecule is Cc1ccc(NC(=O)c2ccc(NC(=O)CCS(=O)(=O)c3cccs3)cc2)cc1F. The van der Waals surface area contributed by atoms with E-state index in [9.17, 15) is 22.4 Å². The van der Waals surface area contributed by atoms with Gasteiger partial charge in [0, 0.05) is 23.4 Å². The van der Waals surface area contributed by atoms with Crippen LogP contribution in [0.1, 0.15) is 22.3 Å². The number of sulfone groups is 1. The molecule has 0 saturated carbocycles. The number of carbonyl (C=O) groups is 2. The molecule has 1 heterocycles. The van der Waals surface area contributed by atoms with E-state index in [-0.39, 0.29) is 16.4 Å². The largest absolute Gasteiger partial charge is 0.326 e. The van der Waals surface area contributed by atoms with E-state index in [0.717, 1.165) is 11.3 Å². The standard InChI is InChI=1S/C21H19FN2O4S2/c1-14-4-7-17(13-18(14)22)24-21(26)15-5-8-16(9-6-15)23-19(25)10-12-30(27,28)20-3-2-11-29-20/h2-9,11,13H,10,12H2,1H3,(H,23,25)(H,24,26). The summed E-state index contributed by atoms with van der Waals surface area (Å²) in [6, 6.07) is 13.7. The molecule has 0 atom stereocenters. The Morgan fingerprint density at radius 3 is 2.33 bits per heavy atom. The van der Waals surface area contributed by atoms with Gasteiger partial charge in [-0.15, -0.1) is 11.3 Å². The number of carbonyl (C=O) groups excluding carboxylic acids is 2. The number of nitrogens with one attached hydrogen (secondary N) is 2. The molecule has 2 amide bonds. The molecule has 0 unspecified atom stereocenters. The summed E-state index contributed by atoms with van der Waals surface area (Å²) in [5, 5.41) is 6.88. The number of halogens is 1. The Hall–Kier alpha value is -3.04. The van der Waals surface area contributed by atoms with E-state index < -0.39 is 27.5 Å². The Morgan fingerprint density at radius 1 is 1.00 bits per heavy atom. The molecule has 30 heavy (non-hydrogen) atoms. The Bertz CT molecular complexity index is 1160. The van der Waals surface area contributed by atoms with Crippen molar-refractivity contribution in [1.82, 2.24) is 0 Å². The summed E-state index contributed by atoms with van der Waals surface area (Å²) >= 11 is 1.11. The minimum absolute atomic E-state index is 0.179. The van der Waals surface area contributed by atoms with Gasteiger partial charge in [-0.3, -0.25) is 9.59 Å². The molecule has 2 aromatic carbocycles. The molecule has 0 spiro atoms. The van der Waals surface area contributed by atoms with E-state index in [2.05, 4.69) is 10.6 Å². The van der Waals surface area contributed by atoms with E-state index in [1.54, 1.807) is 30.5 Å². The molecule has 0 radical (unpaired) electrons. The van der Waals surface area contributed by atoms with Gasteiger partial charge in [0.1, 0.15) is 10.0 Å². The van der Waals surface area contributed by atoms with E-state index in [0.29, 0.717) is 22.5 Å². The lowest BCUT2D eigenvalue weighted by molar-refractivity contribution is -0.115. The molecule has 9 heteroatoms. The quantitative estimate of drug-likeness (QED) is 0.568. The fourth-order valence-corrected chi connectivity index (χ4v) is 4.96. The molecule has 0 aliphatic heterocycles. The molecule has 3 rings (SSSR count). The van der Waals surface area contributed by atoms with Crippen molar-refractivity contribution in [3.05, 3.63) is 76.9 Å². The van der Waals surface area contributed by atoms with Gasteiger partial charge in [-0.2, -0.15) is 0 Å². The minimum atomic E-state index is -3.48. The predicted molar refractivity (Wildman–Crippen MR) is 115 cm³/mol. The molecule has 156 valence electrons. The second-order valence-corrected chi connectivity index (χ2v) is 9.83. The van der Waals surface area contributed by atoms with Crippen LogP contribution >= 0.6 is 11.3 Å². The van der Waals surface area contributed by atoms with Crippen LogP contribution in [-0.2, 0) is 14.6 Å². The van der Waals surface area contributed by atoms with Gasteiger partial charge >= 0.3 is 0 Å². The van der Waals surface area contributed by atoms with Crippen molar-refractivity contribution in [2.45, 2.75) is 17.6 Å². The molecule has 0 fully saturated rings. The summed E-state index contributed by atoms with van der Waals surface area (Å²) in [6.45, 7) is 1.63. The summed E-state index contributed by atoms with van der Waals surface area (Å²) in [5.74, 6) is -1.56. The number of hydrogen-bond acceptors (Lipinski definition) is 5. The lowest BCUT2D eigenvalue weighted by atomic mass is 10.1. The molecule has 3 aromatic rings. The second-order valence-electron chi connectivity index (χ2n) is 6.54. The third-order valence-corrected chi connectivity index (χ3v) is 7.46. The van der Waals surface area contributed by atoms with Crippen LogP contribution in [0.4, 0.5) is 15.8 Å². The van der Waals surface area contributed by atoms with E-state index in [1.165, 1.54) is 36.4 Å². The Labute approximate surface area is 177 Å². The lowest BCUT2D eigenvalue weighted by Gasteiger charge is -2.08.